The molecule has 0 aliphatic rings. The number of hydrogen-bond acceptors (Lipinski definition) is 4. The highest BCUT2D eigenvalue weighted by Gasteiger charge is 2.23. The summed E-state index contributed by atoms with van der Waals surface area (Å²) in [5.41, 5.74) is -0.538. The molecule has 0 aromatic heterocycles. The average Bonchev–Trinajstić information content (AvgIpc) is 2.14. The van der Waals surface area contributed by atoms with Crippen LogP contribution in [0, 0.1) is 10.1 Å². The SMILES string of the molecule is CC(=O)Cc1cccc(OC(F)F)c1[N+](=O)[O-]. The Bertz CT molecular complexity index is 448. The molecule has 0 saturated heterocycles. The van der Waals surface area contributed by atoms with Gasteiger partial charge in [0.2, 0.25) is 5.75 Å². The molecule has 7 heteroatoms. The third-order valence-corrected chi connectivity index (χ3v) is 1.92. The zero-order chi connectivity index (χ0) is 13.0. The Balaban J connectivity index is 3.21. The number of alkyl halides is 2. The number of carbonyl (C=O) groups excluding carboxylic acids is 1. The van der Waals surface area contributed by atoms with Gasteiger partial charge in [-0.3, -0.25) is 14.9 Å². The third kappa shape index (κ3) is 3.47. The molecule has 0 saturated carbocycles. The lowest BCUT2D eigenvalue weighted by Crippen LogP contribution is -2.07. The average molecular weight is 245 g/mol. The quantitative estimate of drug-likeness (QED) is 0.589. The molecule has 0 fully saturated rings. The molecule has 5 nitrogen and oxygen atoms in total. The number of carbonyl (C=O) groups is 1. The van der Waals surface area contributed by atoms with Gasteiger partial charge < -0.3 is 4.74 Å². The van der Waals surface area contributed by atoms with E-state index < -0.39 is 23.0 Å². The first-order valence-electron chi connectivity index (χ1n) is 4.62. The lowest BCUT2D eigenvalue weighted by molar-refractivity contribution is -0.387. The summed E-state index contributed by atoms with van der Waals surface area (Å²) >= 11 is 0. The minimum absolute atomic E-state index is 0.0562. The smallest absolute Gasteiger partial charge is 0.387 e. The molecule has 0 N–H and O–H groups in total. The van der Waals surface area contributed by atoms with Crippen LogP contribution in [0.1, 0.15) is 12.5 Å². The predicted molar refractivity (Wildman–Crippen MR) is 54.1 cm³/mol. The van der Waals surface area contributed by atoms with Crippen molar-refractivity contribution in [1.29, 1.82) is 0 Å². The predicted octanol–water partition coefficient (Wildman–Crippen LogP) is 2.33. The van der Waals surface area contributed by atoms with E-state index in [1.54, 1.807) is 0 Å². The molecule has 0 heterocycles. The van der Waals surface area contributed by atoms with Crippen LogP contribution in [0.3, 0.4) is 0 Å². The molecular formula is C10H9F2NO4. The fourth-order valence-electron chi connectivity index (χ4n) is 1.38. The molecule has 1 aromatic carbocycles. The molecule has 0 spiro atoms. The van der Waals surface area contributed by atoms with Gasteiger partial charge in [0.1, 0.15) is 5.78 Å². The van der Waals surface area contributed by atoms with Gasteiger partial charge in [-0.05, 0) is 13.0 Å². The molecule has 17 heavy (non-hydrogen) atoms. The number of ketones is 1. The lowest BCUT2D eigenvalue weighted by Gasteiger charge is -2.07. The molecule has 0 radical (unpaired) electrons. The van der Waals surface area contributed by atoms with Gasteiger partial charge in [-0.15, -0.1) is 0 Å². The van der Waals surface area contributed by atoms with E-state index in [0.29, 0.717) is 0 Å². The summed E-state index contributed by atoms with van der Waals surface area (Å²) < 4.78 is 28.1. The Kier molecular flexibility index (Phi) is 4.08. The van der Waals surface area contributed by atoms with E-state index in [1.165, 1.54) is 19.1 Å². The highest BCUT2D eigenvalue weighted by Crippen LogP contribution is 2.32. The van der Waals surface area contributed by atoms with Gasteiger partial charge in [-0.1, -0.05) is 12.1 Å². The third-order valence-electron chi connectivity index (χ3n) is 1.92. The largest absolute Gasteiger partial charge is 0.427 e. The molecule has 0 bridgehead atoms. The number of nitrogens with zero attached hydrogens (tertiary/aromatic N) is 1. The number of nitro groups is 1. The molecule has 0 aliphatic carbocycles. The van der Waals surface area contributed by atoms with Gasteiger partial charge in [0.15, 0.2) is 0 Å². The van der Waals surface area contributed by atoms with E-state index in [4.69, 9.17) is 0 Å². The molecular weight excluding hydrogens is 236 g/mol. The van der Waals surface area contributed by atoms with Gasteiger partial charge in [0.05, 0.1) is 4.92 Å². The number of benzene rings is 1. The number of ether oxygens (including phenoxy) is 1. The highest BCUT2D eigenvalue weighted by molar-refractivity contribution is 5.80. The molecule has 0 amide bonds. The monoisotopic (exact) mass is 245 g/mol. The van der Waals surface area contributed by atoms with Crippen LogP contribution in [0.4, 0.5) is 14.5 Å². The second kappa shape index (κ2) is 5.33. The first-order chi connectivity index (χ1) is 7.91. The van der Waals surface area contributed by atoms with Crippen LogP contribution in [0.15, 0.2) is 18.2 Å². The van der Waals surface area contributed by atoms with Gasteiger partial charge in [-0.2, -0.15) is 8.78 Å². The maximum Gasteiger partial charge on any atom is 0.387 e. The zero-order valence-electron chi connectivity index (χ0n) is 8.85. The minimum Gasteiger partial charge on any atom is -0.427 e. The van der Waals surface area contributed by atoms with E-state index in [2.05, 4.69) is 4.74 Å². The molecule has 0 unspecified atom stereocenters. The van der Waals surface area contributed by atoms with Crippen molar-refractivity contribution in [3.05, 3.63) is 33.9 Å². The van der Waals surface area contributed by atoms with Gasteiger partial charge in [-0.25, -0.2) is 0 Å². The summed E-state index contributed by atoms with van der Waals surface area (Å²) in [7, 11) is 0. The van der Waals surface area contributed by atoms with E-state index >= 15 is 0 Å². The van der Waals surface area contributed by atoms with E-state index in [1.807, 2.05) is 0 Å². The van der Waals surface area contributed by atoms with Gasteiger partial charge >= 0.3 is 12.3 Å². The molecule has 92 valence electrons. The van der Waals surface area contributed by atoms with Crippen molar-refractivity contribution in [1.82, 2.24) is 0 Å². The number of halogens is 2. The van der Waals surface area contributed by atoms with Crippen molar-refractivity contribution < 1.29 is 23.2 Å². The zero-order valence-corrected chi connectivity index (χ0v) is 8.85. The van der Waals surface area contributed by atoms with E-state index in [0.717, 1.165) is 6.07 Å². The summed E-state index contributed by atoms with van der Waals surface area (Å²) in [5.74, 6) is -0.842. The van der Waals surface area contributed by atoms with E-state index in [9.17, 15) is 23.7 Å². The van der Waals surface area contributed by atoms with Crippen molar-refractivity contribution >= 4 is 11.5 Å². The summed E-state index contributed by atoms with van der Waals surface area (Å²) in [5, 5.41) is 10.8. The fourth-order valence-corrected chi connectivity index (χ4v) is 1.38. The number of rotatable bonds is 5. The molecule has 1 aromatic rings. The van der Waals surface area contributed by atoms with Crippen molar-refractivity contribution in [2.24, 2.45) is 0 Å². The first-order valence-corrected chi connectivity index (χ1v) is 4.62. The molecule has 0 atom stereocenters. The van der Waals surface area contributed by atoms with Gasteiger partial charge in [0.25, 0.3) is 0 Å². The Morgan fingerprint density at radius 2 is 2.18 bits per heavy atom. The number of Topliss-reactive ketones (excluding diaryl/α,β-unsaturated/α-hetero) is 1. The van der Waals surface area contributed by atoms with Crippen molar-refractivity contribution in [2.45, 2.75) is 20.0 Å². The van der Waals surface area contributed by atoms with Crippen molar-refractivity contribution in [3.63, 3.8) is 0 Å². The molecule has 0 aliphatic heterocycles. The van der Waals surface area contributed by atoms with Crippen LogP contribution in [0.5, 0.6) is 5.75 Å². The van der Waals surface area contributed by atoms with Crippen molar-refractivity contribution in [3.8, 4) is 5.75 Å². The van der Waals surface area contributed by atoms with Gasteiger partial charge in [0, 0.05) is 12.0 Å². The Morgan fingerprint density at radius 1 is 1.53 bits per heavy atom. The Labute approximate surface area is 95.2 Å². The van der Waals surface area contributed by atoms with Crippen LogP contribution < -0.4 is 4.74 Å². The minimum atomic E-state index is -3.15. The molecule has 1 rings (SSSR count). The second-order valence-electron chi connectivity index (χ2n) is 3.28. The number of para-hydroxylation sites is 1. The van der Waals surface area contributed by atoms with Crippen LogP contribution in [-0.4, -0.2) is 17.3 Å². The fraction of sp³-hybridized carbons (Fsp3) is 0.300. The second-order valence-corrected chi connectivity index (χ2v) is 3.28. The van der Waals surface area contributed by atoms with E-state index in [-0.39, 0.29) is 17.8 Å². The Morgan fingerprint density at radius 3 is 2.65 bits per heavy atom. The standard InChI is InChI=1S/C10H9F2NO4/c1-6(14)5-7-3-2-4-8(17-10(11)12)9(7)13(15)16/h2-4,10H,5H2,1H3. The normalized spacial score (nSPS) is 10.4. The van der Waals surface area contributed by atoms with Crippen molar-refractivity contribution in [2.75, 3.05) is 0 Å². The Hall–Kier alpha value is -2.05. The first kappa shape index (κ1) is 13.0. The summed E-state index contributed by atoms with van der Waals surface area (Å²) in [4.78, 5) is 20.8. The summed E-state index contributed by atoms with van der Waals surface area (Å²) in [6.45, 7) is -1.90. The maximum absolute atomic E-state index is 12.0. The van der Waals surface area contributed by atoms with Crippen LogP contribution in [0.25, 0.3) is 0 Å². The number of nitro benzene ring substituents is 1. The number of hydrogen-bond donors (Lipinski definition) is 0. The maximum atomic E-state index is 12.0. The van der Waals surface area contributed by atoms with Crippen LogP contribution in [0.2, 0.25) is 0 Å². The van der Waals surface area contributed by atoms with Crippen LogP contribution in [-0.2, 0) is 11.2 Å². The van der Waals surface area contributed by atoms with Crippen LogP contribution >= 0.6 is 0 Å². The highest BCUT2D eigenvalue weighted by atomic mass is 19.3. The lowest BCUT2D eigenvalue weighted by atomic mass is 10.1. The summed E-state index contributed by atoms with van der Waals surface area (Å²) in [6, 6.07) is 3.72. The topological polar surface area (TPSA) is 69.4 Å². The summed E-state index contributed by atoms with van der Waals surface area (Å²) in [6.07, 6.45) is -0.198.